The summed E-state index contributed by atoms with van der Waals surface area (Å²) in [5, 5.41) is 18.2. The van der Waals surface area contributed by atoms with Gasteiger partial charge in [-0.1, -0.05) is 25.3 Å². The maximum absolute atomic E-state index is 12.3. The lowest BCUT2D eigenvalue weighted by molar-refractivity contribution is -0.119. The molecule has 2 fully saturated rings. The number of carbonyl (C=O) groups is 1. The molecule has 0 atom stereocenters. The predicted octanol–water partition coefficient (Wildman–Crippen LogP) is 3.59. The number of nitrogens with zero attached hydrogens (tertiary/aromatic N) is 2. The van der Waals surface area contributed by atoms with Gasteiger partial charge in [0.1, 0.15) is 17.7 Å². The molecule has 2 aliphatic rings. The van der Waals surface area contributed by atoms with Gasteiger partial charge in [0.05, 0.1) is 0 Å². The van der Waals surface area contributed by atoms with Crippen LogP contribution in [0.5, 0.6) is 0 Å². The monoisotopic (exact) mass is 254 g/mol. The largest absolute Gasteiger partial charge is 0.294 e. The van der Waals surface area contributed by atoms with E-state index in [0.717, 1.165) is 32.1 Å². The molecule has 0 bridgehead atoms. The van der Waals surface area contributed by atoms with Gasteiger partial charge in [-0.2, -0.15) is 10.5 Å². The van der Waals surface area contributed by atoms with Crippen LogP contribution in [0.3, 0.4) is 0 Å². The van der Waals surface area contributed by atoms with E-state index in [1.54, 1.807) is 13.0 Å². The molecule has 2 rings (SSSR count). The lowest BCUT2D eigenvalue weighted by Gasteiger charge is -2.41. The number of ketones is 1. The normalized spacial score (nSPS) is 24.1. The van der Waals surface area contributed by atoms with Crippen molar-refractivity contribution >= 4 is 5.78 Å². The smallest absolute Gasteiger partial charge is 0.163 e. The van der Waals surface area contributed by atoms with Crippen LogP contribution >= 0.6 is 0 Å². The van der Waals surface area contributed by atoms with Crippen molar-refractivity contribution in [3.8, 4) is 12.1 Å². The van der Waals surface area contributed by atoms with E-state index in [4.69, 9.17) is 10.5 Å². The van der Waals surface area contributed by atoms with E-state index < -0.39 is 0 Å². The Morgan fingerprint density at radius 2 is 1.79 bits per heavy atom. The molecule has 0 aromatic heterocycles. The molecule has 2 aliphatic carbocycles. The van der Waals surface area contributed by atoms with Crippen molar-refractivity contribution in [1.82, 2.24) is 0 Å². The van der Waals surface area contributed by atoms with Crippen LogP contribution < -0.4 is 0 Å². The Morgan fingerprint density at radius 1 is 1.16 bits per heavy atom. The second-order valence-corrected chi connectivity index (χ2v) is 5.62. The van der Waals surface area contributed by atoms with Gasteiger partial charge >= 0.3 is 0 Å². The third-order valence-electron chi connectivity index (χ3n) is 4.44. The fraction of sp³-hybridized carbons (Fsp3) is 0.562. The quantitative estimate of drug-likeness (QED) is 0.490. The van der Waals surface area contributed by atoms with E-state index in [1.807, 2.05) is 12.1 Å². The van der Waals surface area contributed by atoms with Crippen molar-refractivity contribution in [2.45, 2.75) is 51.9 Å². The summed E-state index contributed by atoms with van der Waals surface area (Å²) in [5.74, 6) is 0.105. The Hall–Kier alpha value is -1.87. The van der Waals surface area contributed by atoms with E-state index in [1.165, 1.54) is 6.42 Å². The average Bonchev–Trinajstić information content (AvgIpc) is 2.41. The first kappa shape index (κ1) is 13.6. The first-order valence-corrected chi connectivity index (χ1v) is 6.89. The van der Waals surface area contributed by atoms with Crippen molar-refractivity contribution in [3.05, 3.63) is 22.8 Å². The highest BCUT2D eigenvalue weighted by Gasteiger charge is 2.41. The summed E-state index contributed by atoms with van der Waals surface area (Å²) in [4.78, 5) is 12.3. The van der Waals surface area contributed by atoms with Crippen LogP contribution in [0.1, 0.15) is 51.9 Å². The minimum absolute atomic E-state index is 0.0100. The van der Waals surface area contributed by atoms with E-state index in [2.05, 4.69) is 0 Å². The predicted molar refractivity (Wildman–Crippen MR) is 71.8 cm³/mol. The van der Waals surface area contributed by atoms with Gasteiger partial charge < -0.3 is 0 Å². The number of Topliss-reactive ketones (excluding diaryl/α,β-unsaturated/α-hetero) is 1. The van der Waals surface area contributed by atoms with Crippen LogP contribution in [-0.4, -0.2) is 5.78 Å². The molecule has 0 aromatic carbocycles. The van der Waals surface area contributed by atoms with Gasteiger partial charge in [0, 0.05) is 12.0 Å². The Morgan fingerprint density at radius 3 is 2.32 bits per heavy atom. The summed E-state index contributed by atoms with van der Waals surface area (Å²) in [5.41, 5.74) is 1.40. The van der Waals surface area contributed by atoms with Gasteiger partial charge in [-0.15, -0.1) is 0 Å². The molecule has 3 heteroatoms. The van der Waals surface area contributed by atoms with Crippen molar-refractivity contribution in [3.63, 3.8) is 0 Å². The summed E-state index contributed by atoms with van der Waals surface area (Å²) >= 11 is 0. The van der Waals surface area contributed by atoms with Gasteiger partial charge in [-0.3, -0.25) is 4.79 Å². The molecule has 2 saturated carbocycles. The molecule has 0 aromatic rings. The number of allylic oxidation sites excluding steroid dienone is 4. The lowest BCUT2D eigenvalue weighted by atomic mass is 9.62. The molecule has 0 aliphatic heterocycles. The van der Waals surface area contributed by atoms with Crippen LogP contribution in [0.25, 0.3) is 0 Å². The Kier molecular flexibility index (Phi) is 3.86. The molecule has 0 amide bonds. The van der Waals surface area contributed by atoms with Crippen LogP contribution in [0.4, 0.5) is 0 Å². The van der Waals surface area contributed by atoms with Crippen LogP contribution in [0.2, 0.25) is 0 Å². The molecule has 0 N–H and O–H groups in total. The molecular weight excluding hydrogens is 236 g/mol. The number of hydrogen-bond acceptors (Lipinski definition) is 3. The van der Waals surface area contributed by atoms with E-state index >= 15 is 0 Å². The fourth-order valence-corrected chi connectivity index (χ4v) is 3.51. The maximum Gasteiger partial charge on any atom is 0.163 e. The van der Waals surface area contributed by atoms with E-state index in [-0.39, 0.29) is 16.8 Å². The van der Waals surface area contributed by atoms with Crippen molar-refractivity contribution in [2.75, 3.05) is 0 Å². The van der Waals surface area contributed by atoms with Gasteiger partial charge in [0.2, 0.25) is 0 Å². The SMILES string of the molecule is C/C=C1\C(=O)CC2(CCCCC2)CC1=C(C#N)C#N. The zero-order valence-corrected chi connectivity index (χ0v) is 11.3. The first-order chi connectivity index (χ1) is 9.15. The fourth-order valence-electron chi connectivity index (χ4n) is 3.51. The third-order valence-corrected chi connectivity index (χ3v) is 4.44. The minimum Gasteiger partial charge on any atom is -0.294 e. The summed E-state index contributed by atoms with van der Waals surface area (Å²) in [6.07, 6.45) is 8.68. The lowest BCUT2D eigenvalue weighted by Crippen LogP contribution is -2.34. The first-order valence-electron chi connectivity index (χ1n) is 6.89. The van der Waals surface area contributed by atoms with Crippen molar-refractivity contribution in [2.24, 2.45) is 5.41 Å². The third kappa shape index (κ3) is 2.47. The Labute approximate surface area is 114 Å². The van der Waals surface area contributed by atoms with E-state index in [0.29, 0.717) is 17.6 Å². The molecule has 0 saturated heterocycles. The minimum atomic E-state index is 0.0100. The molecule has 1 spiro atoms. The number of carbonyl (C=O) groups excluding carboxylic acids is 1. The van der Waals surface area contributed by atoms with Crippen LogP contribution in [0, 0.1) is 28.1 Å². The Bertz CT molecular complexity index is 518. The Balaban J connectivity index is 2.45. The van der Waals surface area contributed by atoms with Crippen LogP contribution in [-0.2, 0) is 4.79 Å². The van der Waals surface area contributed by atoms with Gasteiger partial charge in [0.25, 0.3) is 0 Å². The summed E-state index contributed by atoms with van der Waals surface area (Å²) in [7, 11) is 0. The molecule has 0 heterocycles. The highest BCUT2D eigenvalue weighted by molar-refractivity contribution is 6.01. The molecule has 3 nitrogen and oxygen atoms in total. The number of hydrogen-bond donors (Lipinski definition) is 0. The average molecular weight is 254 g/mol. The zero-order chi connectivity index (χ0) is 13.9. The van der Waals surface area contributed by atoms with Crippen LogP contribution in [0.15, 0.2) is 22.8 Å². The summed E-state index contributed by atoms with van der Waals surface area (Å²) in [6, 6.07) is 3.91. The van der Waals surface area contributed by atoms with Gasteiger partial charge in [0.15, 0.2) is 5.78 Å². The molecule has 98 valence electrons. The highest BCUT2D eigenvalue weighted by Crippen LogP contribution is 2.49. The van der Waals surface area contributed by atoms with Gasteiger partial charge in [-0.05, 0) is 37.2 Å². The van der Waals surface area contributed by atoms with E-state index in [9.17, 15) is 4.79 Å². The van der Waals surface area contributed by atoms with Crippen molar-refractivity contribution in [1.29, 1.82) is 10.5 Å². The van der Waals surface area contributed by atoms with Gasteiger partial charge in [-0.25, -0.2) is 0 Å². The summed E-state index contributed by atoms with van der Waals surface area (Å²) < 4.78 is 0. The second kappa shape index (κ2) is 5.41. The number of rotatable bonds is 0. The second-order valence-electron chi connectivity index (χ2n) is 5.62. The summed E-state index contributed by atoms with van der Waals surface area (Å²) in [6.45, 7) is 1.80. The molecular formula is C16H18N2O. The topological polar surface area (TPSA) is 64.7 Å². The van der Waals surface area contributed by atoms with Crippen molar-refractivity contribution < 1.29 is 4.79 Å². The maximum atomic E-state index is 12.3. The zero-order valence-electron chi connectivity index (χ0n) is 11.3. The molecule has 19 heavy (non-hydrogen) atoms. The number of nitriles is 2. The molecule has 0 unspecified atom stereocenters. The standard InChI is InChI=1S/C16H18N2O/c1-2-13-14(12(10-17)11-18)8-16(9-15(13)19)6-4-3-5-7-16/h2H,3-9H2,1H3/b13-2-. The highest BCUT2D eigenvalue weighted by atomic mass is 16.1. The molecule has 0 radical (unpaired) electrons.